The van der Waals surface area contributed by atoms with E-state index in [2.05, 4.69) is 6.07 Å². The van der Waals surface area contributed by atoms with Gasteiger partial charge >= 0.3 is 5.97 Å². The van der Waals surface area contributed by atoms with Gasteiger partial charge in [0, 0.05) is 5.56 Å². The summed E-state index contributed by atoms with van der Waals surface area (Å²) in [4.78, 5) is 22.2. The van der Waals surface area contributed by atoms with Gasteiger partial charge in [-0.3, -0.25) is 4.79 Å². The van der Waals surface area contributed by atoms with Gasteiger partial charge in [-0.15, -0.1) is 0 Å². The summed E-state index contributed by atoms with van der Waals surface area (Å²) in [7, 11) is 0. The largest absolute Gasteiger partial charge is 0.475 e. The van der Waals surface area contributed by atoms with Crippen LogP contribution in [0.1, 0.15) is 21.5 Å². The van der Waals surface area contributed by atoms with E-state index < -0.39 is 11.8 Å². The first-order valence-electron chi connectivity index (χ1n) is 5.94. The van der Waals surface area contributed by atoms with E-state index in [-0.39, 0.29) is 5.56 Å². The highest BCUT2D eigenvalue weighted by molar-refractivity contribution is 6.39. The lowest BCUT2D eigenvalue weighted by Gasteiger charge is -2.08. The van der Waals surface area contributed by atoms with Crippen LogP contribution < -0.4 is 0 Å². The zero-order valence-electron chi connectivity index (χ0n) is 10.8. The molecule has 3 nitrogen and oxygen atoms in total. The molecule has 1 N–H and O–H groups in total. The smallest absolute Gasteiger partial charge is 0.377 e. The summed E-state index contributed by atoms with van der Waals surface area (Å²) >= 11 is 0. The molecule has 0 amide bonds. The van der Waals surface area contributed by atoms with Crippen molar-refractivity contribution in [1.29, 1.82) is 0 Å². The van der Waals surface area contributed by atoms with Crippen LogP contribution in [-0.4, -0.2) is 16.9 Å². The predicted molar refractivity (Wildman–Crippen MR) is 73.3 cm³/mol. The Balaban J connectivity index is 2.49. The second-order valence-corrected chi connectivity index (χ2v) is 4.53. The van der Waals surface area contributed by atoms with E-state index in [0.29, 0.717) is 0 Å². The molecule has 0 aliphatic rings. The molecule has 0 bridgehead atoms. The molecule has 0 radical (unpaired) electrons. The number of carboxylic acid groups (broad SMARTS) is 1. The average Bonchev–Trinajstić information content (AvgIpc) is 2.38. The van der Waals surface area contributed by atoms with Crippen LogP contribution in [0.5, 0.6) is 0 Å². The van der Waals surface area contributed by atoms with Gasteiger partial charge < -0.3 is 5.11 Å². The van der Waals surface area contributed by atoms with Crippen molar-refractivity contribution < 1.29 is 14.7 Å². The van der Waals surface area contributed by atoms with Gasteiger partial charge in [-0.05, 0) is 36.6 Å². The van der Waals surface area contributed by atoms with E-state index in [4.69, 9.17) is 5.11 Å². The summed E-state index contributed by atoms with van der Waals surface area (Å²) in [5.74, 6) is -2.32. The summed E-state index contributed by atoms with van der Waals surface area (Å²) in [6, 6.07) is 12.7. The number of hydrogen-bond donors (Lipinski definition) is 1. The van der Waals surface area contributed by atoms with Gasteiger partial charge in [0.25, 0.3) is 5.78 Å². The van der Waals surface area contributed by atoms with E-state index in [9.17, 15) is 9.59 Å². The highest BCUT2D eigenvalue weighted by Crippen LogP contribution is 2.25. The second-order valence-electron chi connectivity index (χ2n) is 4.53. The van der Waals surface area contributed by atoms with Gasteiger partial charge in [0.05, 0.1) is 0 Å². The van der Waals surface area contributed by atoms with Crippen molar-refractivity contribution in [2.45, 2.75) is 13.8 Å². The number of carboxylic acids is 1. The summed E-state index contributed by atoms with van der Waals surface area (Å²) in [5, 5.41) is 8.74. The SMILES string of the molecule is Cc1ccc(-c2cccc(C(=O)C(=O)O)c2)c(C)c1. The van der Waals surface area contributed by atoms with E-state index >= 15 is 0 Å². The standard InChI is InChI=1S/C16H14O3/c1-10-6-7-14(11(2)8-10)12-4-3-5-13(9-12)15(17)16(18)19/h3-9H,1-2H3,(H,18,19). The quantitative estimate of drug-likeness (QED) is 0.675. The van der Waals surface area contributed by atoms with Crippen molar-refractivity contribution in [1.82, 2.24) is 0 Å². The van der Waals surface area contributed by atoms with Crippen molar-refractivity contribution in [3.63, 3.8) is 0 Å². The summed E-state index contributed by atoms with van der Waals surface area (Å²) in [6.45, 7) is 4.01. The number of Topliss-reactive ketones (excluding diaryl/α,β-unsaturated/α-hetero) is 1. The van der Waals surface area contributed by atoms with E-state index in [1.807, 2.05) is 32.0 Å². The number of benzene rings is 2. The van der Waals surface area contributed by atoms with Crippen LogP contribution in [0.2, 0.25) is 0 Å². The fourth-order valence-electron chi connectivity index (χ4n) is 2.09. The maximum Gasteiger partial charge on any atom is 0.377 e. The fourth-order valence-corrected chi connectivity index (χ4v) is 2.09. The minimum Gasteiger partial charge on any atom is -0.475 e. The van der Waals surface area contributed by atoms with Gasteiger partial charge in [-0.2, -0.15) is 0 Å². The number of rotatable bonds is 3. The van der Waals surface area contributed by atoms with Crippen molar-refractivity contribution in [3.05, 3.63) is 59.2 Å². The monoisotopic (exact) mass is 254 g/mol. The van der Waals surface area contributed by atoms with Crippen LogP contribution in [-0.2, 0) is 4.79 Å². The fraction of sp³-hybridized carbons (Fsp3) is 0.125. The van der Waals surface area contributed by atoms with Crippen molar-refractivity contribution in [2.75, 3.05) is 0 Å². The van der Waals surface area contributed by atoms with E-state index in [1.165, 1.54) is 11.6 Å². The molecule has 2 rings (SSSR count). The number of ketones is 1. The van der Waals surface area contributed by atoms with Gasteiger partial charge in [0.2, 0.25) is 0 Å². The Labute approximate surface area is 111 Å². The molecule has 0 aliphatic heterocycles. The Morgan fingerprint density at radius 1 is 1.00 bits per heavy atom. The molecule has 2 aromatic rings. The summed E-state index contributed by atoms with van der Waals surface area (Å²) < 4.78 is 0. The lowest BCUT2D eigenvalue weighted by atomic mass is 9.96. The first-order chi connectivity index (χ1) is 8.99. The minimum atomic E-state index is -1.43. The van der Waals surface area contributed by atoms with Crippen LogP contribution in [0.4, 0.5) is 0 Å². The van der Waals surface area contributed by atoms with Crippen molar-refractivity contribution in [2.24, 2.45) is 0 Å². The molecular weight excluding hydrogens is 240 g/mol. The van der Waals surface area contributed by atoms with E-state index in [1.54, 1.807) is 12.1 Å². The van der Waals surface area contributed by atoms with Crippen LogP contribution in [0.15, 0.2) is 42.5 Å². The van der Waals surface area contributed by atoms with Gasteiger partial charge in [-0.1, -0.05) is 42.0 Å². The van der Waals surface area contributed by atoms with Gasteiger partial charge in [0.15, 0.2) is 0 Å². The molecule has 2 aromatic carbocycles. The molecule has 3 heteroatoms. The third-order valence-electron chi connectivity index (χ3n) is 3.01. The molecule has 0 atom stereocenters. The molecule has 96 valence electrons. The third-order valence-corrected chi connectivity index (χ3v) is 3.01. The zero-order chi connectivity index (χ0) is 14.0. The van der Waals surface area contributed by atoms with E-state index in [0.717, 1.165) is 16.7 Å². The Bertz CT molecular complexity index is 657. The number of hydrogen-bond acceptors (Lipinski definition) is 2. The van der Waals surface area contributed by atoms with Crippen LogP contribution in [0.25, 0.3) is 11.1 Å². The first-order valence-corrected chi connectivity index (χ1v) is 5.94. The second kappa shape index (κ2) is 5.06. The van der Waals surface area contributed by atoms with Gasteiger partial charge in [-0.25, -0.2) is 4.79 Å². The lowest BCUT2D eigenvalue weighted by molar-refractivity contribution is -0.131. The maximum absolute atomic E-state index is 11.5. The molecule has 0 aliphatic carbocycles. The minimum absolute atomic E-state index is 0.199. The Hall–Kier alpha value is -2.42. The molecule has 0 saturated carbocycles. The lowest BCUT2D eigenvalue weighted by Crippen LogP contribution is -2.12. The van der Waals surface area contributed by atoms with Crippen molar-refractivity contribution in [3.8, 4) is 11.1 Å². The number of aliphatic carboxylic acids is 1. The number of carbonyl (C=O) groups is 2. The predicted octanol–water partition coefficient (Wildman–Crippen LogP) is 3.24. The summed E-state index contributed by atoms with van der Waals surface area (Å²) in [5.41, 5.74) is 4.32. The molecule has 0 aromatic heterocycles. The van der Waals surface area contributed by atoms with Crippen molar-refractivity contribution >= 4 is 11.8 Å². The Morgan fingerprint density at radius 3 is 2.37 bits per heavy atom. The normalized spacial score (nSPS) is 10.2. The first kappa shape index (κ1) is 13.0. The average molecular weight is 254 g/mol. The molecule has 0 heterocycles. The maximum atomic E-state index is 11.5. The third kappa shape index (κ3) is 2.71. The van der Waals surface area contributed by atoms with Crippen LogP contribution >= 0.6 is 0 Å². The Morgan fingerprint density at radius 2 is 1.74 bits per heavy atom. The molecule has 0 saturated heterocycles. The molecule has 0 fully saturated rings. The topological polar surface area (TPSA) is 54.4 Å². The molecular formula is C16H14O3. The highest BCUT2D eigenvalue weighted by atomic mass is 16.4. The molecule has 0 unspecified atom stereocenters. The number of carbonyl (C=O) groups excluding carboxylic acids is 1. The van der Waals surface area contributed by atoms with Crippen LogP contribution in [0.3, 0.4) is 0 Å². The van der Waals surface area contributed by atoms with Gasteiger partial charge in [0.1, 0.15) is 0 Å². The number of aryl methyl sites for hydroxylation is 2. The highest BCUT2D eigenvalue weighted by Gasteiger charge is 2.15. The van der Waals surface area contributed by atoms with Crippen LogP contribution in [0, 0.1) is 13.8 Å². The zero-order valence-corrected chi connectivity index (χ0v) is 10.8. The Kier molecular flexibility index (Phi) is 3.47. The summed E-state index contributed by atoms with van der Waals surface area (Å²) in [6.07, 6.45) is 0. The molecule has 19 heavy (non-hydrogen) atoms. The molecule has 0 spiro atoms.